The standard InChI is InChI=1S/C19H17F2N3O3S/c1-13-2-4-14(5-3-13)17-8-9-19(24-23-17)27-11-10-22-28(25,26)18-12-15(20)6-7-16(18)21/h2-9,12,22H,10-11H2,1H3. The van der Waals surface area contributed by atoms with Gasteiger partial charge in [0.15, 0.2) is 0 Å². The Kier molecular flexibility index (Phi) is 5.96. The van der Waals surface area contributed by atoms with Crippen molar-refractivity contribution in [1.82, 2.24) is 14.9 Å². The topological polar surface area (TPSA) is 81.2 Å². The average Bonchev–Trinajstić information content (AvgIpc) is 2.68. The molecule has 0 amide bonds. The van der Waals surface area contributed by atoms with Gasteiger partial charge >= 0.3 is 0 Å². The van der Waals surface area contributed by atoms with Gasteiger partial charge < -0.3 is 4.74 Å². The molecular weight excluding hydrogens is 388 g/mol. The summed E-state index contributed by atoms with van der Waals surface area (Å²) in [7, 11) is -4.20. The fraction of sp³-hybridized carbons (Fsp3) is 0.158. The third-order valence-electron chi connectivity index (χ3n) is 3.81. The van der Waals surface area contributed by atoms with Gasteiger partial charge in [-0.2, -0.15) is 0 Å². The first-order valence-electron chi connectivity index (χ1n) is 8.33. The summed E-state index contributed by atoms with van der Waals surface area (Å²) in [5.41, 5.74) is 2.72. The fourth-order valence-corrected chi connectivity index (χ4v) is 3.47. The van der Waals surface area contributed by atoms with E-state index in [0.717, 1.165) is 23.3 Å². The Labute approximate surface area is 161 Å². The number of nitrogens with one attached hydrogen (secondary N) is 1. The lowest BCUT2D eigenvalue weighted by Gasteiger charge is -2.09. The van der Waals surface area contributed by atoms with Gasteiger partial charge in [0.1, 0.15) is 23.1 Å². The summed E-state index contributed by atoms with van der Waals surface area (Å²) in [5.74, 6) is -1.67. The van der Waals surface area contributed by atoms with Crippen LogP contribution in [0.15, 0.2) is 59.5 Å². The molecule has 1 heterocycles. The maximum Gasteiger partial charge on any atom is 0.243 e. The summed E-state index contributed by atoms with van der Waals surface area (Å²) in [6, 6.07) is 13.4. The zero-order chi connectivity index (χ0) is 20.1. The normalized spacial score (nSPS) is 11.4. The highest BCUT2D eigenvalue weighted by molar-refractivity contribution is 7.89. The van der Waals surface area contributed by atoms with Crippen molar-refractivity contribution in [2.45, 2.75) is 11.8 Å². The Balaban J connectivity index is 1.55. The molecule has 9 heteroatoms. The number of hydrogen-bond donors (Lipinski definition) is 1. The quantitative estimate of drug-likeness (QED) is 0.611. The first-order valence-corrected chi connectivity index (χ1v) is 9.82. The third-order valence-corrected chi connectivity index (χ3v) is 5.29. The van der Waals surface area contributed by atoms with Crippen LogP contribution in [0.5, 0.6) is 5.88 Å². The van der Waals surface area contributed by atoms with E-state index < -0.39 is 26.6 Å². The van der Waals surface area contributed by atoms with Crippen LogP contribution in [0.2, 0.25) is 0 Å². The zero-order valence-electron chi connectivity index (χ0n) is 14.9. The molecule has 0 aliphatic carbocycles. The first kappa shape index (κ1) is 19.8. The van der Waals surface area contributed by atoms with Crippen LogP contribution in [-0.2, 0) is 10.0 Å². The maximum atomic E-state index is 13.6. The Morgan fingerprint density at radius 2 is 1.75 bits per heavy atom. The van der Waals surface area contributed by atoms with E-state index in [1.807, 2.05) is 31.2 Å². The van der Waals surface area contributed by atoms with Gasteiger partial charge in [0.05, 0.1) is 5.69 Å². The molecule has 0 atom stereocenters. The van der Waals surface area contributed by atoms with E-state index in [4.69, 9.17) is 4.74 Å². The van der Waals surface area contributed by atoms with Crippen LogP contribution in [0.3, 0.4) is 0 Å². The van der Waals surface area contributed by atoms with E-state index in [0.29, 0.717) is 11.8 Å². The highest BCUT2D eigenvalue weighted by atomic mass is 32.2. The van der Waals surface area contributed by atoms with Gasteiger partial charge in [0.2, 0.25) is 15.9 Å². The molecule has 1 aromatic heterocycles. The molecule has 0 aliphatic heterocycles. The number of sulfonamides is 1. The summed E-state index contributed by atoms with van der Waals surface area (Å²) in [6.07, 6.45) is 0. The van der Waals surface area contributed by atoms with E-state index in [2.05, 4.69) is 14.9 Å². The molecule has 0 fully saturated rings. The van der Waals surface area contributed by atoms with Crippen LogP contribution in [0.1, 0.15) is 5.56 Å². The van der Waals surface area contributed by atoms with E-state index in [1.165, 1.54) is 0 Å². The number of hydrogen-bond acceptors (Lipinski definition) is 5. The molecule has 28 heavy (non-hydrogen) atoms. The summed E-state index contributed by atoms with van der Waals surface area (Å²) in [5, 5.41) is 8.01. The van der Waals surface area contributed by atoms with Crippen molar-refractivity contribution in [1.29, 1.82) is 0 Å². The monoisotopic (exact) mass is 405 g/mol. The molecular formula is C19H17F2N3O3S. The Hall–Kier alpha value is -2.91. The van der Waals surface area contributed by atoms with E-state index in [9.17, 15) is 17.2 Å². The van der Waals surface area contributed by atoms with Crippen molar-refractivity contribution in [3.63, 3.8) is 0 Å². The van der Waals surface area contributed by atoms with E-state index >= 15 is 0 Å². The van der Waals surface area contributed by atoms with Crippen LogP contribution in [0.25, 0.3) is 11.3 Å². The lowest BCUT2D eigenvalue weighted by Crippen LogP contribution is -2.29. The molecule has 0 saturated heterocycles. The number of rotatable bonds is 7. The van der Waals surface area contributed by atoms with Crippen LogP contribution < -0.4 is 9.46 Å². The molecule has 0 unspecified atom stereocenters. The van der Waals surface area contributed by atoms with E-state index in [1.54, 1.807) is 12.1 Å². The van der Waals surface area contributed by atoms with Crippen molar-refractivity contribution in [2.24, 2.45) is 0 Å². The van der Waals surface area contributed by atoms with Crippen LogP contribution in [-0.4, -0.2) is 31.8 Å². The van der Waals surface area contributed by atoms with Crippen LogP contribution >= 0.6 is 0 Å². The van der Waals surface area contributed by atoms with Gasteiger partial charge in [0.25, 0.3) is 0 Å². The van der Waals surface area contributed by atoms with E-state index in [-0.39, 0.29) is 19.0 Å². The Bertz CT molecular complexity index is 1060. The molecule has 2 aromatic carbocycles. The number of aromatic nitrogens is 2. The minimum Gasteiger partial charge on any atom is -0.475 e. The SMILES string of the molecule is Cc1ccc(-c2ccc(OCCNS(=O)(=O)c3cc(F)ccc3F)nn2)cc1. The van der Waals surface area contributed by atoms with Gasteiger partial charge in [-0.3, -0.25) is 0 Å². The second kappa shape index (κ2) is 8.41. The Morgan fingerprint density at radius 3 is 2.43 bits per heavy atom. The smallest absolute Gasteiger partial charge is 0.243 e. The largest absolute Gasteiger partial charge is 0.475 e. The van der Waals surface area contributed by atoms with Gasteiger partial charge in [-0.15, -0.1) is 10.2 Å². The van der Waals surface area contributed by atoms with Crippen LogP contribution in [0.4, 0.5) is 8.78 Å². The first-order chi connectivity index (χ1) is 13.3. The highest BCUT2D eigenvalue weighted by Gasteiger charge is 2.19. The fourth-order valence-electron chi connectivity index (χ4n) is 2.37. The number of nitrogens with zero attached hydrogens (tertiary/aromatic N) is 2. The van der Waals surface area contributed by atoms with Crippen molar-refractivity contribution in [3.05, 3.63) is 71.8 Å². The molecule has 6 nitrogen and oxygen atoms in total. The van der Waals surface area contributed by atoms with Crippen molar-refractivity contribution in [2.75, 3.05) is 13.2 Å². The van der Waals surface area contributed by atoms with Crippen LogP contribution in [0, 0.1) is 18.6 Å². The third kappa shape index (κ3) is 4.87. The average molecular weight is 405 g/mol. The van der Waals surface area contributed by atoms with Gasteiger partial charge in [-0.05, 0) is 31.2 Å². The molecule has 1 N–H and O–H groups in total. The summed E-state index contributed by atoms with van der Waals surface area (Å²) >= 11 is 0. The minimum absolute atomic E-state index is 0.0608. The molecule has 3 aromatic rings. The highest BCUT2D eigenvalue weighted by Crippen LogP contribution is 2.18. The molecule has 0 saturated carbocycles. The second-order valence-corrected chi connectivity index (χ2v) is 7.68. The summed E-state index contributed by atoms with van der Waals surface area (Å²) < 4.78 is 58.3. The molecule has 0 aliphatic rings. The van der Waals surface area contributed by atoms with Crippen molar-refractivity contribution in [3.8, 4) is 17.1 Å². The predicted octanol–water partition coefficient (Wildman–Crippen LogP) is 3.09. The lowest BCUT2D eigenvalue weighted by molar-refractivity contribution is 0.307. The zero-order valence-corrected chi connectivity index (χ0v) is 15.7. The molecule has 0 spiro atoms. The lowest BCUT2D eigenvalue weighted by atomic mass is 10.1. The van der Waals surface area contributed by atoms with Crippen molar-refractivity contribution >= 4 is 10.0 Å². The molecule has 146 valence electrons. The minimum atomic E-state index is -4.20. The number of halogens is 2. The molecule has 0 bridgehead atoms. The molecule has 3 rings (SSSR count). The number of benzene rings is 2. The summed E-state index contributed by atoms with van der Waals surface area (Å²) in [6.45, 7) is 1.78. The Morgan fingerprint density at radius 1 is 1.00 bits per heavy atom. The maximum absolute atomic E-state index is 13.6. The van der Waals surface area contributed by atoms with Gasteiger partial charge in [-0.25, -0.2) is 21.9 Å². The molecule has 0 radical (unpaired) electrons. The second-order valence-electron chi connectivity index (χ2n) is 5.94. The number of aryl methyl sites for hydroxylation is 1. The van der Waals surface area contributed by atoms with Crippen molar-refractivity contribution < 1.29 is 21.9 Å². The van der Waals surface area contributed by atoms with Gasteiger partial charge in [0, 0.05) is 18.2 Å². The summed E-state index contributed by atoms with van der Waals surface area (Å²) in [4.78, 5) is -0.755. The number of ether oxygens (including phenoxy) is 1. The van der Waals surface area contributed by atoms with Gasteiger partial charge in [-0.1, -0.05) is 29.8 Å². The predicted molar refractivity (Wildman–Crippen MR) is 99.2 cm³/mol.